The van der Waals surface area contributed by atoms with Gasteiger partial charge < -0.3 is 5.73 Å². The first-order valence-electron chi connectivity index (χ1n) is 4.45. The minimum absolute atomic E-state index is 0.672. The molecular formula is C9H8F6N2. The summed E-state index contributed by atoms with van der Waals surface area (Å²) >= 11 is 0. The number of nitrogens with two attached hydrogens (primary N) is 1. The van der Waals surface area contributed by atoms with E-state index in [4.69, 9.17) is 5.73 Å². The summed E-state index contributed by atoms with van der Waals surface area (Å²) in [5, 5.41) is 0. The number of halogens is 6. The van der Waals surface area contributed by atoms with E-state index in [1.165, 1.54) is 0 Å². The van der Waals surface area contributed by atoms with Gasteiger partial charge in [-0.25, -0.2) is 0 Å². The van der Waals surface area contributed by atoms with Gasteiger partial charge in [0.2, 0.25) is 0 Å². The quantitative estimate of drug-likeness (QED) is 0.828. The number of rotatable bonds is 2. The average Bonchev–Trinajstić information content (AvgIpc) is 2.15. The fourth-order valence-electron chi connectivity index (χ4n) is 1.18. The van der Waals surface area contributed by atoms with E-state index in [0.29, 0.717) is 6.07 Å². The van der Waals surface area contributed by atoms with Crippen molar-refractivity contribution in [3.8, 4) is 0 Å². The van der Waals surface area contributed by atoms with Gasteiger partial charge in [0.1, 0.15) is 6.04 Å². The van der Waals surface area contributed by atoms with Gasteiger partial charge in [0.25, 0.3) is 0 Å². The normalized spacial score (nSPS) is 14.8. The van der Waals surface area contributed by atoms with Crippen molar-refractivity contribution >= 4 is 0 Å². The summed E-state index contributed by atoms with van der Waals surface area (Å²) in [6.45, 7) is 0. The molecule has 1 aromatic rings. The minimum atomic E-state index is -4.75. The lowest BCUT2D eigenvalue weighted by Crippen LogP contribution is -2.39. The second-order valence-electron chi connectivity index (χ2n) is 3.35. The van der Waals surface area contributed by atoms with Gasteiger partial charge in [-0.3, -0.25) is 4.98 Å². The predicted octanol–water partition coefficient (Wildman–Crippen LogP) is 2.53. The minimum Gasteiger partial charge on any atom is -0.320 e. The van der Waals surface area contributed by atoms with Crippen molar-refractivity contribution in [1.82, 2.24) is 4.98 Å². The molecule has 0 saturated heterocycles. The van der Waals surface area contributed by atoms with Crippen LogP contribution in [0.1, 0.15) is 11.3 Å². The molecule has 1 rings (SSSR count). The monoisotopic (exact) mass is 258 g/mol. The van der Waals surface area contributed by atoms with Crippen LogP contribution in [-0.4, -0.2) is 17.2 Å². The molecule has 0 aliphatic rings. The second-order valence-corrected chi connectivity index (χ2v) is 3.35. The van der Waals surface area contributed by atoms with Crippen LogP contribution in [0.15, 0.2) is 18.3 Å². The van der Waals surface area contributed by atoms with E-state index in [0.717, 1.165) is 12.3 Å². The molecule has 1 heterocycles. The first kappa shape index (κ1) is 13.8. The number of alkyl halides is 6. The van der Waals surface area contributed by atoms with Crippen LogP contribution >= 0.6 is 0 Å². The number of nitrogens with zero attached hydrogens (tertiary/aromatic N) is 1. The molecule has 0 fully saturated rings. The molecule has 0 aliphatic heterocycles. The van der Waals surface area contributed by atoms with Crippen LogP contribution in [0.5, 0.6) is 0 Å². The van der Waals surface area contributed by atoms with Gasteiger partial charge in [0, 0.05) is 12.6 Å². The summed E-state index contributed by atoms with van der Waals surface area (Å²) in [4.78, 5) is 3.30. The molecule has 2 N–H and O–H groups in total. The van der Waals surface area contributed by atoms with E-state index >= 15 is 0 Å². The Balaban J connectivity index is 3.00. The zero-order valence-corrected chi connectivity index (χ0v) is 8.31. The molecule has 2 nitrogen and oxygen atoms in total. The summed E-state index contributed by atoms with van der Waals surface area (Å²) in [6, 6.07) is -0.685. The molecule has 96 valence electrons. The van der Waals surface area contributed by atoms with Gasteiger partial charge >= 0.3 is 12.4 Å². The highest BCUT2D eigenvalue weighted by atomic mass is 19.4. The Morgan fingerprint density at radius 3 is 2.24 bits per heavy atom. The number of hydrogen-bond donors (Lipinski definition) is 1. The van der Waals surface area contributed by atoms with Crippen molar-refractivity contribution in [2.45, 2.75) is 24.8 Å². The molecule has 8 heteroatoms. The Labute approximate surface area is 92.4 Å². The highest BCUT2D eigenvalue weighted by molar-refractivity contribution is 5.24. The molecule has 0 bridgehead atoms. The Morgan fingerprint density at radius 2 is 1.76 bits per heavy atom. The maximum atomic E-state index is 12.4. The smallest absolute Gasteiger partial charge is 0.320 e. The predicted molar refractivity (Wildman–Crippen MR) is 47.0 cm³/mol. The van der Waals surface area contributed by atoms with Gasteiger partial charge in [-0.05, 0) is 12.1 Å². The van der Waals surface area contributed by atoms with Crippen molar-refractivity contribution in [1.29, 1.82) is 0 Å². The number of aromatic nitrogens is 1. The zero-order chi connectivity index (χ0) is 13.3. The molecule has 1 unspecified atom stereocenters. The highest BCUT2D eigenvalue weighted by Crippen LogP contribution is 2.32. The summed E-state index contributed by atoms with van der Waals surface area (Å²) in [5.41, 5.74) is 2.86. The molecule has 17 heavy (non-hydrogen) atoms. The fourth-order valence-corrected chi connectivity index (χ4v) is 1.18. The summed E-state index contributed by atoms with van der Waals surface area (Å²) < 4.78 is 73.7. The van der Waals surface area contributed by atoms with Crippen LogP contribution in [-0.2, 0) is 12.6 Å². The van der Waals surface area contributed by atoms with E-state index in [2.05, 4.69) is 4.98 Å². The van der Waals surface area contributed by atoms with E-state index in [9.17, 15) is 26.3 Å². The summed E-state index contributed by atoms with van der Waals surface area (Å²) in [6.07, 6.45) is -9.50. The second kappa shape index (κ2) is 4.52. The topological polar surface area (TPSA) is 38.9 Å². The third-order valence-corrected chi connectivity index (χ3v) is 2.03. The van der Waals surface area contributed by atoms with E-state index in [-0.39, 0.29) is 0 Å². The van der Waals surface area contributed by atoms with Gasteiger partial charge in [-0.2, -0.15) is 26.3 Å². The molecule has 0 spiro atoms. The Hall–Kier alpha value is -1.31. The van der Waals surface area contributed by atoms with Crippen LogP contribution in [0.25, 0.3) is 0 Å². The van der Waals surface area contributed by atoms with E-state index < -0.39 is 36.1 Å². The van der Waals surface area contributed by atoms with Crippen molar-refractivity contribution in [2.24, 2.45) is 5.73 Å². The molecular weight excluding hydrogens is 250 g/mol. The van der Waals surface area contributed by atoms with Gasteiger partial charge in [0.15, 0.2) is 0 Å². The Kier molecular flexibility index (Phi) is 3.65. The molecule has 1 aromatic heterocycles. The number of pyridine rings is 1. The molecule has 0 aliphatic carbocycles. The lowest BCUT2D eigenvalue weighted by molar-refractivity contribution is -0.150. The average molecular weight is 258 g/mol. The maximum Gasteiger partial charge on any atom is 0.418 e. The SMILES string of the molecule is NC(Cc1ncccc1C(F)(F)F)C(F)(F)F. The van der Waals surface area contributed by atoms with Crippen LogP contribution in [0.3, 0.4) is 0 Å². The zero-order valence-electron chi connectivity index (χ0n) is 8.31. The molecule has 0 aromatic carbocycles. The van der Waals surface area contributed by atoms with Gasteiger partial charge in [-0.1, -0.05) is 0 Å². The van der Waals surface area contributed by atoms with Crippen LogP contribution in [0.2, 0.25) is 0 Å². The van der Waals surface area contributed by atoms with Crippen LogP contribution in [0, 0.1) is 0 Å². The van der Waals surface area contributed by atoms with Crippen molar-refractivity contribution < 1.29 is 26.3 Å². The molecule has 1 atom stereocenters. The first-order valence-corrected chi connectivity index (χ1v) is 4.45. The summed E-state index contributed by atoms with van der Waals surface area (Å²) in [7, 11) is 0. The van der Waals surface area contributed by atoms with E-state index in [1.807, 2.05) is 0 Å². The lowest BCUT2D eigenvalue weighted by atomic mass is 10.1. The Bertz CT molecular complexity index is 384. The fraction of sp³-hybridized carbons (Fsp3) is 0.444. The maximum absolute atomic E-state index is 12.4. The number of hydrogen-bond acceptors (Lipinski definition) is 2. The third-order valence-electron chi connectivity index (χ3n) is 2.03. The van der Waals surface area contributed by atoms with Gasteiger partial charge in [0.05, 0.1) is 11.3 Å². The molecule has 0 amide bonds. The van der Waals surface area contributed by atoms with Crippen molar-refractivity contribution in [3.63, 3.8) is 0 Å². The molecule has 0 radical (unpaired) electrons. The van der Waals surface area contributed by atoms with Crippen LogP contribution < -0.4 is 5.73 Å². The standard InChI is InChI=1S/C9H8F6N2/c10-8(11,12)5-2-1-3-17-6(5)4-7(16)9(13,14)15/h1-3,7H,4,16H2. The summed E-state index contributed by atoms with van der Waals surface area (Å²) in [5.74, 6) is 0. The lowest BCUT2D eigenvalue weighted by Gasteiger charge is -2.17. The third kappa shape index (κ3) is 3.58. The van der Waals surface area contributed by atoms with Crippen molar-refractivity contribution in [3.05, 3.63) is 29.6 Å². The first-order chi connectivity index (χ1) is 7.62. The Morgan fingerprint density at radius 1 is 1.18 bits per heavy atom. The van der Waals surface area contributed by atoms with Crippen molar-refractivity contribution in [2.75, 3.05) is 0 Å². The molecule has 0 saturated carbocycles. The largest absolute Gasteiger partial charge is 0.418 e. The van der Waals surface area contributed by atoms with Gasteiger partial charge in [-0.15, -0.1) is 0 Å². The van der Waals surface area contributed by atoms with E-state index in [1.54, 1.807) is 0 Å². The highest BCUT2D eigenvalue weighted by Gasteiger charge is 2.40. The van der Waals surface area contributed by atoms with Crippen LogP contribution in [0.4, 0.5) is 26.3 Å².